The van der Waals surface area contributed by atoms with E-state index in [0.717, 1.165) is 11.1 Å². The molecule has 0 aliphatic carbocycles. The summed E-state index contributed by atoms with van der Waals surface area (Å²) in [6, 6.07) is 18.0. The van der Waals surface area contributed by atoms with Crippen LogP contribution in [0.3, 0.4) is 0 Å². The Bertz CT molecular complexity index is 1180. The van der Waals surface area contributed by atoms with Gasteiger partial charge in [0.15, 0.2) is 12.7 Å². The van der Waals surface area contributed by atoms with Gasteiger partial charge in [-0.15, -0.1) is 0 Å². The van der Waals surface area contributed by atoms with Crippen molar-refractivity contribution in [3.63, 3.8) is 0 Å². The van der Waals surface area contributed by atoms with E-state index in [0.29, 0.717) is 40.1 Å². The minimum atomic E-state index is -1.04. The number of rotatable bonds is 10. The summed E-state index contributed by atoms with van der Waals surface area (Å²) in [7, 11) is 0. The summed E-state index contributed by atoms with van der Waals surface area (Å²) in [5.74, 6) is 0.0124. The Morgan fingerprint density at radius 1 is 1.21 bits per heavy atom. The molecule has 170 valence electrons. The van der Waals surface area contributed by atoms with Crippen molar-refractivity contribution < 1.29 is 24.1 Å². The number of aryl methyl sites for hydroxylation is 1. The fourth-order valence-corrected chi connectivity index (χ4v) is 3.35. The first kappa shape index (κ1) is 24.1. The molecule has 0 unspecified atom stereocenters. The van der Waals surface area contributed by atoms with Crippen LogP contribution >= 0.6 is 11.6 Å². The van der Waals surface area contributed by atoms with Crippen molar-refractivity contribution >= 4 is 17.6 Å². The van der Waals surface area contributed by atoms with Crippen LogP contribution in [0.25, 0.3) is 11.3 Å². The maximum atomic E-state index is 10.7. The zero-order valence-corrected chi connectivity index (χ0v) is 19.0. The summed E-state index contributed by atoms with van der Waals surface area (Å²) in [6.07, 6.45) is -0.482. The van der Waals surface area contributed by atoms with Gasteiger partial charge in [0.25, 0.3) is 0 Å². The normalized spacial score (nSPS) is 11.5. The molecule has 1 atom stereocenters. The van der Waals surface area contributed by atoms with Crippen molar-refractivity contribution in [3.05, 3.63) is 76.4 Å². The molecule has 0 radical (unpaired) electrons. The van der Waals surface area contributed by atoms with Crippen LogP contribution in [0.1, 0.15) is 29.8 Å². The van der Waals surface area contributed by atoms with Crippen LogP contribution in [0.15, 0.2) is 54.6 Å². The molecule has 0 spiro atoms. The SMILES string of the molecule is CCOC[C@@H](Oc1ccc(OCC(=O)O)c(C)c1)c1cccc(-c2ccc(C#N)c(Cl)c2)n1. The molecular weight excluding hydrogens is 444 g/mol. The van der Waals surface area contributed by atoms with E-state index < -0.39 is 18.7 Å². The lowest BCUT2D eigenvalue weighted by atomic mass is 10.1. The average Bonchev–Trinajstić information content (AvgIpc) is 2.81. The smallest absolute Gasteiger partial charge is 0.341 e. The van der Waals surface area contributed by atoms with Crippen LogP contribution in [-0.4, -0.2) is 35.9 Å². The summed E-state index contributed by atoms with van der Waals surface area (Å²) in [5, 5.41) is 18.3. The van der Waals surface area contributed by atoms with E-state index in [1.165, 1.54) is 0 Å². The van der Waals surface area contributed by atoms with E-state index in [1.54, 1.807) is 36.4 Å². The molecule has 3 rings (SSSR count). The molecular formula is C25H23ClN2O5. The van der Waals surface area contributed by atoms with Gasteiger partial charge < -0.3 is 19.3 Å². The molecule has 8 heteroatoms. The molecule has 0 amide bonds. The highest BCUT2D eigenvalue weighted by atomic mass is 35.5. The molecule has 0 saturated heterocycles. The van der Waals surface area contributed by atoms with Gasteiger partial charge >= 0.3 is 5.97 Å². The lowest BCUT2D eigenvalue weighted by Gasteiger charge is -2.20. The summed E-state index contributed by atoms with van der Waals surface area (Å²) in [4.78, 5) is 15.5. The van der Waals surface area contributed by atoms with E-state index in [9.17, 15) is 4.79 Å². The van der Waals surface area contributed by atoms with Gasteiger partial charge in [-0.05, 0) is 61.9 Å². The fraction of sp³-hybridized carbons (Fsp3) is 0.240. The largest absolute Gasteiger partial charge is 0.482 e. The number of aliphatic carboxylic acids is 1. The second kappa shape index (κ2) is 11.3. The van der Waals surface area contributed by atoms with Gasteiger partial charge in [-0.25, -0.2) is 9.78 Å². The summed E-state index contributed by atoms with van der Waals surface area (Å²) in [6.45, 7) is 4.11. The first-order valence-electron chi connectivity index (χ1n) is 10.3. The summed E-state index contributed by atoms with van der Waals surface area (Å²) < 4.78 is 17.1. The highest BCUT2D eigenvalue weighted by molar-refractivity contribution is 6.32. The number of carboxylic acids is 1. The van der Waals surface area contributed by atoms with Crippen molar-refractivity contribution in [3.8, 4) is 28.8 Å². The molecule has 3 aromatic rings. The number of pyridine rings is 1. The third-order valence-electron chi connectivity index (χ3n) is 4.74. The number of carboxylic acid groups (broad SMARTS) is 1. The van der Waals surface area contributed by atoms with Crippen molar-refractivity contribution in [2.24, 2.45) is 0 Å². The molecule has 0 saturated carbocycles. The molecule has 1 N–H and O–H groups in total. The van der Waals surface area contributed by atoms with Gasteiger partial charge in [-0.1, -0.05) is 23.7 Å². The van der Waals surface area contributed by atoms with E-state index >= 15 is 0 Å². The number of ether oxygens (including phenoxy) is 3. The lowest BCUT2D eigenvalue weighted by molar-refractivity contribution is -0.139. The van der Waals surface area contributed by atoms with Crippen molar-refractivity contribution in [2.75, 3.05) is 19.8 Å². The van der Waals surface area contributed by atoms with Gasteiger partial charge in [0, 0.05) is 12.2 Å². The van der Waals surface area contributed by atoms with Crippen LogP contribution < -0.4 is 9.47 Å². The quantitative estimate of drug-likeness (QED) is 0.438. The third kappa shape index (κ3) is 6.45. The van der Waals surface area contributed by atoms with E-state index in [1.807, 2.05) is 38.1 Å². The predicted molar refractivity (Wildman–Crippen MR) is 124 cm³/mol. The molecule has 1 heterocycles. The molecule has 1 aromatic heterocycles. The Morgan fingerprint density at radius 3 is 2.70 bits per heavy atom. The number of benzene rings is 2. The monoisotopic (exact) mass is 466 g/mol. The highest BCUT2D eigenvalue weighted by Gasteiger charge is 2.18. The number of hydrogen-bond donors (Lipinski definition) is 1. The molecule has 33 heavy (non-hydrogen) atoms. The Kier molecular flexibility index (Phi) is 8.25. The summed E-state index contributed by atoms with van der Waals surface area (Å²) >= 11 is 6.19. The Hall–Kier alpha value is -3.60. The minimum Gasteiger partial charge on any atom is -0.482 e. The Labute approximate surface area is 197 Å². The van der Waals surface area contributed by atoms with Crippen LogP contribution in [0.5, 0.6) is 11.5 Å². The van der Waals surface area contributed by atoms with Crippen LogP contribution in [-0.2, 0) is 9.53 Å². The average molecular weight is 467 g/mol. The number of carbonyl (C=O) groups is 1. The number of nitrogens with zero attached hydrogens (tertiary/aromatic N) is 2. The molecule has 0 bridgehead atoms. The molecule has 0 aliphatic heterocycles. The maximum absolute atomic E-state index is 10.7. The van der Waals surface area contributed by atoms with Gasteiger partial charge in [0.2, 0.25) is 0 Å². The number of halogens is 1. The van der Waals surface area contributed by atoms with Gasteiger partial charge in [-0.3, -0.25) is 0 Å². The first-order chi connectivity index (χ1) is 15.9. The summed E-state index contributed by atoms with van der Waals surface area (Å²) in [5.41, 5.74) is 3.30. The van der Waals surface area contributed by atoms with Gasteiger partial charge in [0.1, 0.15) is 17.6 Å². The van der Waals surface area contributed by atoms with E-state index in [4.69, 9.17) is 41.2 Å². The molecule has 0 fully saturated rings. The first-order valence-corrected chi connectivity index (χ1v) is 10.7. The molecule has 0 aliphatic rings. The predicted octanol–water partition coefficient (Wildman–Crippen LogP) is 5.20. The molecule has 7 nitrogen and oxygen atoms in total. The number of nitriles is 1. The second-order valence-corrected chi connectivity index (χ2v) is 7.54. The zero-order valence-electron chi connectivity index (χ0n) is 18.2. The zero-order chi connectivity index (χ0) is 23.8. The van der Waals surface area contributed by atoms with Crippen LogP contribution in [0.4, 0.5) is 0 Å². The number of hydrogen-bond acceptors (Lipinski definition) is 6. The van der Waals surface area contributed by atoms with Crippen molar-refractivity contribution in [1.29, 1.82) is 5.26 Å². The fourth-order valence-electron chi connectivity index (χ4n) is 3.12. The second-order valence-electron chi connectivity index (χ2n) is 7.13. The van der Waals surface area contributed by atoms with Crippen LogP contribution in [0.2, 0.25) is 5.02 Å². The van der Waals surface area contributed by atoms with Gasteiger partial charge in [0.05, 0.1) is 28.6 Å². The maximum Gasteiger partial charge on any atom is 0.341 e. The topological polar surface area (TPSA) is 102 Å². The van der Waals surface area contributed by atoms with E-state index in [2.05, 4.69) is 0 Å². The van der Waals surface area contributed by atoms with Crippen molar-refractivity contribution in [1.82, 2.24) is 4.98 Å². The number of aromatic nitrogens is 1. The highest BCUT2D eigenvalue weighted by Crippen LogP contribution is 2.29. The van der Waals surface area contributed by atoms with E-state index in [-0.39, 0.29) is 6.61 Å². The lowest BCUT2D eigenvalue weighted by Crippen LogP contribution is -2.16. The standard InChI is InChI=1S/C25H23ClN2O5/c1-3-31-14-24(33-19-9-10-23(16(2)11-19)32-15-25(29)30)22-6-4-5-21(28-22)17-7-8-18(13-27)20(26)12-17/h4-12,24H,3,14-15H2,1-2H3,(H,29,30)/t24-/m1/s1. The Morgan fingerprint density at radius 2 is 2.03 bits per heavy atom. The Balaban J connectivity index is 1.85. The van der Waals surface area contributed by atoms with Crippen LogP contribution in [0, 0.1) is 18.3 Å². The van der Waals surface area contributed by atoms with Crippen molar-refractivity contribution in [2.45, 2.75) is 20.0 Å². The minimum absolute atomic E-state index is 0.289. The molecule has 2 aromatic carbocycles. The third-order valence-corrected chi connectivity index (χ3v) is 5.05. The van der Waals surface area contributed by atoms with Gasteiger partial charge in [-0.2, -0.15) is 5.26 Å².